The van der Waals surface area contributed by atoms with E-state index in [0.29, 0.717) is 0 Å². The Morgan fingerprint density at radius 2 is 2.07 bits per heavy atom. The second kappa shape index (κ2) is 2.83. The van der Waals surface area contributed by atoms with Gasteiger partial charge in [0.05, 0.1) is 14.1 Å². The Hall–Kier alpha value is -1.84. The molecule has 0 saturated heterocycles. The number of rotatable bonds is 1. The molecule has 0 aliphatic carbocycles. The summed E-state index contributed by atoms with van der Waals surface area (Å²) >= 11 is 0. The van der Waals surface area contributed by atoms with Crippen molar-refractivity contribution in [2.75, 3.05) is 0 Å². The maximum absolute atomic E-state index is 10.9. The Kier molecular flexibility index (Phi) is 1.77. The van der Waals surface area contributed by atoms with Gasteiger partial charge in [-0.2, -0.15) is 0 Å². The number of hydrogen-bond donors (Lipinski definition) is 0. The van der Waals surface area contributed by atoms with E-state index in [2.05, 4.69) is 0 Å². The number of nitrogens with zero attached hydrogens (tertiary/aromatic N) is 2. The SMILES string of the molecule is Cn1c(C(=O)[O-])[n+](C)c2ccccc21. The summed E-state index contributed by atoms with van der Waals surface area (Å²) in [7, 11) is 3.43. The van der Waals surface area contributed by atoms with Gasteiger partial charge in [-0.15, -0.1) is 0 Å². The second-order valence-corrected chi connectivity index (χ2v) is 3.22. The molecule has 2 aromatic rings. The van der Waals surface area contributed by atoms with Crippen LogP contribution in [0.1, 0.15) is 10.6 Å². The van der Waals surface area contributed by atoms with Crippen molar-refractivity contribution in [3.63, 3.8) is 0 Å². The number of aromatic nitrogens is 2. The van der Waals surface area contributed by atoms with Crippen molar-refractivity contribution in [3.8, 4) is 0 Å². The molecule has 0 fully saturated rings. The molecule has 4 heteroatoms. The number of para-hydroxylation sites is 2. The molecule has 14 heavy (non-hydrogen) atoms. The minimum atomic E-state index is -1.16. The fourth-order valence-electron chi connectivity index (χ4n) is 1.76. The minimum Gasteiger partial charge on any atom is -0.538 e. The van der Waals surface area contributed by atoms with E-state index >= 15 is 0 Å². The predicted octanol–water partition coefficient (Wildman–Crippen LogP) is -0.634. The van der Waals surface area contributed by atoms with Gasteiger partial charge in [0, 0.05) is 0 Å². The molecule has 0 bridgehead atoms. The van der Waals surface area contributed by atoms with Crippen molar-refractivity contribution in [1.29, 1.82) is 0 Å². The van der Waals surface area contributed by atoms with E-state index in [1.807, 2.05) is 24.3 Å². The lowest BCUT2D eigenvalue weighted by Crippen LogP contribution is -2.41. The van der Waals surface area contributed by atoms with Crippen molar-refractivity contribution < 1.29 is 14.5 Å². The summed E-state index contributed by atoms with van der Waals surface area (Å²) in [5.41, 5.74) is 1.77. The summed E-state index contributed by atoms with van der Waals surface area (Å²) in [5, 5.41) is 10.9. The van der Waals surface area contributed by atoms with Gasteiger partial charge in [-0.1, -0.05) is 12.1 Å². The number of carbonyl (C=O) groups excluding carboxylic acids is 1. The first kappa shape index (κ1) is 8.74. The first-order valence-electron chi connectivity index (χ1n) is 4.27. The minimum absolute atomic E-state index is 0.172. The number of aryl methyl sites for hydroxylation is 2. The van der Waals surface area contributed by atoms with Crippen LogP contribution < -0.4 is 9.67 Å². The summed E-state index contributed by atoms with van der Waals surface area (Å²) < 4.78 is 3.23. The number of carbonyl (C=O) groups is 1. The molecule has 0 amide bonds. The van der Waals surface area contributed by atoms with E-state index in [1.165, 1.54) is 0 Å². The average molecular weight is 190 g/mol. The van der Waals surface area contributed by atoms with Gasteiger partial charge in [0.25, 0.3) is 0 Å². The van der Waals surface area contributed by atoms with E-state index in [9.17, 15) is 9.90 Å². The van der Waals surface area contributed by atoms with Gasteiger partial charge >= 0.3 is 5.82 Å². The van der Waals surface area contributed by atoms with Gasteiger partial charge in [0.1, 0.15) is 0 Å². The summed E-state index contributed by atoms with van der Waals surface area (Å²) in [6, 6.07) is 7.51. The highest BCUT2D eigenvalue weighted by atomic mass is 16.4. The van der Waals surface area contributed by atoms with Crippen molar-refractivity contribution >= 4 is 17.0 Å². The molecule has 0 N–H and O–H groups in total. The molecule has 0 saturated carbocycles. The molecular weight excluding hydrogens is 180 g/mol. The highest BCUT2D eigenvalue weighted by molar-refractivity contribution is 5.84. The largest absolute Gasteiger partial charge is 0.538 e. The van der Waals surface area contributed by atoms with Crippen LogP contribution in [0.25, 0.3) is 11.0 Å². The Morgan fingerprint density at radius 1 is 1.43 bits per heavy atom. The maximum atomic E-state index is 10.9. The molecule has 72 valence electrons. The normalized spacial score (nSPS) is 10.7. The second-order valence-electron chi connectivity index (χ2n) is 3.22. The van der Waals surface area contributed by atoms with Crippen molar-refractivity contribution in [1.82, 2.24) is 4.57 Å². The molecule has 0 atom stereocenters. The summed E-state index contributed by atoms with van der Waals surface area (Å²) in [6.07, 6.45) is 0. The fraction of sp³-hybridized carbons (Fsp3) is 0.200. The van der Waals surface area contributed by atoms with Crippen LogP contribution in [0.3, 0.4) is 0 Å². The third kappa shape index (κ3) is 1.00. The Morgan fingerprint density at radius 3 is 2.64 bits per heavy atom. The van der Waals surface area contributed by atoms with E-state index in [1.54, 1.807) is 23.2 Å². The monoisotopic (exact) mass is 190 g/mol. The lowest BCUT2D eigenvalue weighted by atomic mass is 10.3. The average Bonchev–Trinajstić information content (AvgIpc) is 2.41. The van der Waals surface area contributed by atoms with Crippen LogP contribution in [-0.4, -0.2) is 10.5 Å². The summed E-state index contributed by atoms with van der Waals surface area (Å²) in [6.45, 7) is 0. The first-order chi connectivity index (χ1) is 6.63. The van der Waals surface area contributed by atoms with Crippen LogP contribution in [0.15, 0.2) is 24.3 Å². The van der Waals surface area contributed by atoms with Gasteiger partial charge in [-0.05, 0) is 12.1 Å². The van der Waals surface area contributed by atoms with Crippen molar-refractivity contribution in [2.24, 2.45) is 14.1 Å². The number of aromatic carboxylic acids is 1. The van der Waals surface area contributed by atoms with Crippen LogP contribution in [0, 0.1) is 0 Å². The highest BCUT2D eigenvalue weighted by Gasteiger charge is 2.19. The molecule has 0 spiro atoms. The molecule has 0 unspecified atom stereocenters. The van der Waals surface area contributed by atoms with Crippen LogP contribution in [0.5, 0.6) is 0 Å². The van der Waals surface area contributed by atoms with Gasteiger partial charge in [-0.3, -0.25) is 0 Å². The molecule has 0 aliphatic rings. The third-order valence-electron chi connectivity index (χ3n) is 2.42. The van der Waals surface area contributed by atoms with Crippen LogP contribution in [0.4, 0.5) is 0 Å². The molecule has 0 aliphatic heterocycles. The molecule has 2 rings (SSSR count). The first-order valence-corrected chi connectivity index (χ1v) is 4.27. The van der Waals surface area contributed by atoms with Gasteiger partial charge < -0.3 is 9.90 Å². The Labute approximate surface area is 81.0 Å². The van der Waals surface area contributed by atoms with Gasteiger partial charge in [0.15, 0.2) is 17.0 Å². The molecular formula is C10H10N2O2. The van der Waals surface area contributed by atoms with Gasteiger partial charge in [0.2, 0.25) is 0 Å². The number of fused-ring (bicyclic) bond motifs is 1. The van der Waals surface area contributed by atoms with Crippen LogP contribution >= 0.6 is 0 Å². The van der Waals surface area contributed by atoms with E-state index in [0.717, 1.165) is 11.0 Å². The van der Waals surface area contributed by atoms with E-state index in [4.69, 9.17) is 0 Å². The number of carboxylic acids is 1. The zero-order valence-corrected chi connectivity index (χ0v) is 8.02. The van der Waals surface area contributed by atoms with Gasteiger partial charge in [-0.25, -0.2) is 9.13 Å². The Balaban J connectivity index is 2.92. The smallest absolute Gasteiger partial charge is 0.305 e. The third-order valence-corrected chi connectivity index (χ3v) is 2.42. The molecule has 4 nitrogen and oxygen atoms in total. The molecule has 1 aromatic carbocycles. The van der Waals surface area contributed by atoms with Crippen LogP contribution in [0.2, 0.25) is 0 Å². The van der Waals surface area contributed by atoms with E-state index < -0.39 is 5.97 Å². The fourth-order valence-corrected chi connectivity index (χ4v) is 1.76. The number of benzene rings is 1. The molecule has 0 radical (unpaired) electrons. The Bertz CT molecular complexity index is 475. The predicted molar refractivity (Wildman–Crippen MR) is 48.4 cm³/mol. The summed E-state index contributed by atoms with van der Waals surface area (Å²) in [4.78, 5) is 10.9. The summed E-state index contributed by atoms with van der Waals surface area (Å²) in [5.74, 6) is -0.989. The highest BCUT2D eigenvalue weighted by Crippen LogP contribution is 2.11. The quantitative estimate of drug-likeness (QED) is 0.562. The zero-order valence-electron chi connectivity index (χ0n) is 8.02. The van der Waals surface area contributed by atoms with Crippen molar-refractivity contribution in [3.05, 3.63) is 30.1 Å². The van der Waals surface area contributed by atoms with E-state index in [-0.39, 0.29) is 5.82 Å². The topological polar surface area (TPSA) is 48.9 Å². The number of hydrogen-bond acceptors (Lipinski definition) is 2. The lowest BCUT2D eigenvalue weighted by Gasteiger charge is -1.97. The molecule has 1 heterocycles. The van der Waals surface area contributed by atoms with Crippen molar-refractivity contribution in [2.45, 2.75) is 0 Å². The number of carboxylic acid groups (broad SMARTS) is 1. The maximum Gasteiger partial charge on any atom is 0.305 e. The lowest BCUT2D eigenvalue weighted by molar-refractivity contribution is -0.650. The standard InChI is InChI=1S/C10H10N2O2/c1-11-7-5-3-4-6-8(7)12(2)9(11)10(13)14/h3-6H,1-2H3. The molecule has 1 aromatic heterocycles. The van der Waals surface area contributed by atoms with Crippen LogP contribution in [-0.2, 0) is 14.1 Å². The zero-order chi connectivity index (χ0) is 10.3. The number of imidazole rings is 1.